The van der Waals surface area contributed by atoms with Gasteiger partial charge in [0.1, 0.15) is 0 Å². The van der Waals surface area contributed by atoms with Gasteiger partial charge in [0.15, 0.2) is 0 Å². The number of ether oxygens (including phenoxy) is 1. The van der Waals surface area contributed by atoms with Gasteiger partial charge in [0, 0.05) is 0 Å². The van der Waals surface area contributed by atoms with Gasteiger partial charge in [-0.3, -0.25) is 0 Å². The molecule has 10 heteroatoms. The fourth-order valence-electron chi connectivity index (χ4n) is 1.88. The summed E-state index contributed by atoms with van der Waals surface area (Å²) >= 11 is 0.0170. The van der Waals surface area contributed by atoms with Crippen LogP contribution in [0.1, 0.15) is 0 Å². The van der Waals surface area contributed by atoms with Crippen molar-refractivity contribution in [2.75, 3.05) is 31.2 Å². The molecule has 1 aliphatic heterocycles. The number of rotatable bonds is 5. The predicted molar refractivity (Wildman–Crippen MR) is 65.7 cm³/mol. The molecule has 106 valence electrons. The maximum atomic E-state index is 11.0. The molecule has 0 bridgehead atoms. The topological polar surface area (TPSA) is 99.0 Å². The van der Waals surface area contributed by atoms with E-state index >= 15 is 0 Å². The Morgan fingerprint density at radius 1 is 1.50 bits per heavy atom. The summed E-state index contributed by atoms with van der Waals surface area (Å²) in [6.07, 6.45) is 0. The number of non-ortho nitro benzene ring substituents is 1. The van der Waals surface area contributed by atoms with Crippen LogP contribution in [0.4, 0.5) is 11.4 Å². The van der Waals surface area contributed by atoms with E-state index in [4.69, 9.17) is 8.92 Å². The third-order valence-electron chi connectivity index (χ3n) is 2.72. The molecule has 0 saturated heterocycles. The van der Waals surface area contributed by atoms with Gasteiger partial charge in [0.05, 0.1) is 0 Å². The van der Waals surface area contributed by atoms with Crippen LogP contribution in [0.15, 0.2) is 18.2 Å². The second-order valence-electron chi connectivity index (χ2n) is 4.06. The second kappa shape index (κ2) is 6.34. The molecule has 0 radical (unpaired) electrons. The first-order valence-electron chi connectivity index (χ1n) is 5.70. The number of hydrogen-bond acceptors (Lipinski definition) is 7. The molecule has 1 heterocycles. The molecule has 0 aromatic heterocycles. The molecule has 0 amide bonds. The molecule has 0 spiro atoms. The summed E-state index contributed by atoms with van der Waals surface area (Å²) in [5, 5.41) is 10.7. The molecule has 0 fully saturated rings. The van der Waals surface area contributed by atoms with E-state index in [1.54, 1.807) is 6.07 Å². The van der Waals surface area contributed by atoms with Crippen molar-refractivity contribution in [3.63, 3.8) is 0 Å². The molecule has 1 aromatic rings. The van der Waals surface area contributed by atoms with Gasteiger partial charge in [-0.25, -0.2) is 0 Å². The fourth-order valence-corrected chi connectivity index (χ4v) is 2.89. The standard InChI is InChI=1S/C10H11N2O6S.Y/c13-12(14)8-1-2-9-10(7-8)17-5-3-11(9)4-6-18-19(15)16;/h1-2,7H,3-6H2;. The van der Waals surface area contributed by atoms with Crippen molar-refractivity contribution in [2.45, 2.75) is 0 Å². The van der Waals surface area contributed by atoms with Crippen molar-refractivity contribution in [2.24, 2.45) is 0 Å². The van der Waals surface area contributed by atoms with E-state index < -0.39 is 10.6 Å². The van der Waals surface area contributed by atoms with E-state index in [0.717, 1.165) is 0 Å². The third kappa shape index (κ3) is 4.11. The summed E-state index contributed by atoms with van der Waals surface area (Å²) in [6.45, 7) is 1.41. The number of nitro groups is 1. The van der Waals surface area contributed by atoms with Gasteiger partial charge in [-0.1, -0.05) is 0 Å². The molecule has 8 nitrogen and oxygen atoms in total. The molecule has 1 aliphatic rings. The Bertz CT molecular complexity index is 620. The van der Waals surface area contributed by atoms with E-state index in [1.807, 2.05) is 4.90 Å². The monoisotopic (exact) mass is 376 g/mol. The maximum absolute atomic E-state index is 11.0. The molecule has 0 unspecified atom stereocenters. The Morgan fingerprint density at radius 2 is 2.25 bits per heavy atom. The number of anilines is 1. The molecular weight excluding hydrogens is 365 g/mol. The zero-order chi connectivity index (χ0) is 14.8. The van der Waals surface area contributed by atoms with Crippen molar-refractivity contribution in [1.82, 2.24) is 0 Å². The minimum atomic E-state index is -3.34. The normalized spacial score (nSPS) is 14.4. The van der Waals surface area contributed by atoms with E-state index in [-0.39, 0.29) is 41.6 Å². The fraction of sp³-hybridized carbons (Fsp3) is 0.400. The number of fused-ring (bicyclic) bond motifs is 1. The van der Waals surface area contributed by atoms with Gasteiger partial charge in [0.25, 0.3) is 0 Å². The molecule has 0 atom stereocenters. The van der Waals surface area contributed by atoms with Crippen LogP contribution in [0, 0.1) is 10.1 Å². The molecule has 0 saturated carbocycles. The molecule has 0 N–H and O–H groups in total. The Labute approximate surface area is 133 Å². The Morgan fingerprint density at radius 3 is 2.90 bits per heavy atom. The first-order chi connectivity index (χ1) is 9.37. The third-order valence-corrected chi connectivity index (χ3v) is 4.22. The summed E-state index contributed by atoms with van der Waals surface area (Å²) in [6, 6.07) is 4.36. The Kier molecular flexibility index (Phi) is 4.95. The van der Waals surface area contributed by atoms with E-state index in [9.17, 15) is 18.5 Å². The molecule has 1 aromatic carbocycles. The minimum absolute atomic E-state index is 0.0170. The molecule has 0 aliphatic carbocycles. The van der Waals surface area contributed by atoms with Gasteiger partial charge < -0.3 is 0 Å². The zero-order valence-corrected chi connectivity index (χ0v) is 14.0. The second-order valence-corrected chi connectivity index (χ2v) is 9.54. The summed E-state index contributed by atoms with van der Waals surface area (Å²) in [4.78, 5) is 12.1. The van der Waals surface area contributed by atoms with E-state index in [0.29, 0.717) is 31.1 Å². The number of nitrogens with zero attached hydrogens (tertiary/aromatic N) is 2. The SMILES string of the molecule is O=[N+]([O-])c1ccc2c(c1)OCCN2CCO[S](=O)(=O)[Y]. The van der Waals surface area contributed by atoms with Gasteiger partial charge in [-0.05, 0) is 0 Å². The number of hydrogen-bond donors (Lipinski definition) is 0. The van der Waals surface area contributed by atoms with Gasteiger partial charge >= 0.3 is 134 Å². The molecule has 2 rings (SSSR count). The van der Waals surface area contributed by atoms with Crippen LogP contribution in [0.5, 0.6) is 5.75 Å². The van der Waals surface area contributed by atoms with Crippen molar-refractivity contribution >= 4 is 17.0 Å². The van der Waals surface area contributed by atoms with Crippen LogP contribution < -0.4 is 9.64 Å². The average Bonchev–Trinajstić information content (AvgIpc) is 2.36. The van der Waals surface area contributed by atoms with Crippen molar-refractivity contribution in [3.8, 4) is 5.75 Å². The van der Waals surface area contributed by atoms with Gasteiger partial charge in [-0.15, -0.1) is 0 Å². The summed E-state index contributed by atoms with van der Waals surface area (Å²) in [5.41, 5.74) is -2.67. The van der Waals surface area contributed by atoms with Crippen molar-refractivity contribution in [1.29, 1.82) is 0 Å². The predicted octanol–water partition coefficient (Wildman–Crippen LogP) is 0.602. The van der Waals surface area contributed by atoms with Crippen LogP contribution in [-0.4, -0.2) is 39.6 Å². The van der Waals surface area contributed by atoms with Crippen LogP contribution in [0.3, 0.4) is 0 Å². The average molecular weight is 376 g/mol. The summed E-state index contributed by atoms with van der Waals surface area (Å²) < 4.78 is 32.1. The van der Waals surface area contributed by atoms with Gasteiger partial charge in [-0.2, -0.15) is 0 Å². The molecule has 20 heavy (non-hydrogen) atoms. The first-order valence-corrected chi connectivity index (χ1v) is 10.6. The van der Waals surface area contributed by atoms with Crippen LogP contribution >= 0.6 is 0 Å². The van der Waals surface area contributed by atoms with Gasteiger partial charge in [0.2, 0.25) is 0 Å². The van der Waals surface area contributed by atoms with E-state index in [1.165, 1.54) is 12.1 Å². The van der Waals surface area contributed by atoms with E-state index in [2.05, 4.69) is 0 Å². The Balaban J connectivity index is 2.10. The van der Waals surface area contributed by atoms with Crippen LogP contribution in [0.2, 0.25) is 0 Å². The molecular formula is C10H11N2O6SY. The van der Waals surface area contributed by atoms with Crippen molar-refractivity contribution in [3.05, 3.63) is 28.3 Å². The summed E-state index contributed by atoms with van der Waals surface area (Å²) in [5.74, 6) is 0.429. The first kappa shape index (κ1) is 15.6. The zero-order valence-electron chi connectivity index (χ0n) is 10.4. The van der Waals surface area contributed by atoms with Crippen LogP contribution in [0.25, 0.3) is 0 Å². The number of nitro benzene ring substituents is 1. The summed E-state index contributed by atoms with van der Waals surface area (Å²) in [7, 11) is 0. The Hall–Kier alpha value is -0.766. The van der Waals surface area contributed by atoms with Crippen molar-refractivity contribution < 1.29 is 51.5 Å². The van der Waals surface area contributed by atoms with Crippen LogP contribution in [-0.2, 0) is 39.1 Å². The number of benzene rings is 1. The quantitative estimate of drug-likeness (QED) is 0.548.